The van der Waals surface area contributed by atoms with Crippen LogP contribution >= 0.6 is 11.6 Å². The van der Waals surface area contributed by atoms with Gasteiger partial charge in [0.1, 0.15) is 0 Å². The molecule has 0 saturated carbocycles. The first-order valence-electron chi connectivity index (χ1n) is 8.35. The summed E-state index contributed by atoms with van der Waals surface area (Å²) in [4.78, 5) is 11.0. The van der Waals surface area contributed by atoms with E-state index in [1.54, 1.807) is 0 Å². The highest BCUT2D eigenvalue weighted by Crippen LogP contribution is 2.27. The van der Waals surface area contributed by atoms with Crippen LogP contribution in [0, 0.1) is 5.92 Å². The fourth-order valence-electron chi connectivity index (χ4n) is 3.26. The van der Waals surface area contributed by atoms with Crippen LogP contribution in [0.5, 0.6) is 0 Å². The molecule has 2 atom stereocenters. The van der Waals surface area contributed by atoms with E-state index in [1.807, 2.05) is 44.0 Å². The van der Waals surface area contributed by atoms with E-state index in [9.17, 15) is 0 Å². The van der Waals surface area contributed by atoms with Gasteiger partial charge in [-0.2, -0.15) is 0 Å². The van der Waals surface area contributed by atoms with Crippen LogP contribution in [0.1, 0.15) is 24.9 Å². The highest BCUT2D eigenvalue weighted by molar-refractivity contribution is 6.30. The molecule has 128 valence electrons. The first-order chi connectivity index (χ1) is 11.7. The zero-order chi connectivity index (χ0) is 16.9. The average molecular weight is 346 g/mol. The summed E-state index contributed by atoms with van der Waals surface area (Å²) in [6, 6.07) is 8.33. The summed E-state index contributed by atoms with van der Waals surface area (Å²) in [5.41, 5.74) is 1.15. The van der Waals surface area contributed by atoms with E-state index in [0.29, 0.717) is 12.0 Å². The van der Waals surface area contributed by atoms with Gasteiger partial charge in [0.25, 0.3) is 0 Å². The van der Waals surface area contributed by atoms with Gasteiger partial charge in [-0.05, 0) is 30.0 Å². The Morgan fingerprint density at radius 1 is 1.46 bits per heavy atom. The molecule has 2 heterocycles. The molecule has 6 heteroatoms. The number of nitrogens with one attached hydrogen (secondary N) is 1. The summed E-state index contributed by atoms with van der Waals surface area (Å²) >= 11 is 6.06. The van der Waals surface area contributed by atoms with Crippen molar-refractivity contribution >= 4 is 17.6 Å². The quantitative estimate of drug-likeness (QED) is 0.686. The predicted octanol–water partition coefficient (Wildman–Crippen LogP) is 3.20. The molecule has 1 saturated heterocycles. The molecular formula is C18H24ClN5. The van der Waals surface area contributed by atoms with Crippen LogP contribution in [0.3, 0.4) is 0 Å². The summed E-state index contributed by atoms with van der Waals surface area (Å²) in [5.74, 6) is 1.56. The number of imidazole rings is 1. The van der Waals surface area contributed by atoms with Gasteiger partial charge in [0.05, 0.1) is 12.4 Å². The number of piperidine rings is 1. The molecule has 2 unspecified atom stereocenters. The van der Waals surface area contributed by atoms with Crippen LogP contribution < -0.4 is 5.32 Å². The monoisotopic (exact) mass is 345 g/mol. The van der Waals surface area contributed by atoms with E-state index in [-0.39, 0.29) is 0 Å². The molecule has 1 fully saturated rings. The lowest BCUT2D eigenvalue weighted by Gasteiger charge is -2.39. The molecule has 1 N–H and O–H groups in total. The molecule has 1 aromatic heterocycles. The summed E-state index contributed by atoms with van der Waals surface area (Å²) in [7, 11) is 1.84. The van der Waals surface area contributed by atoms with Gasteiger partial charge >= 0.3 is 0 Å². The Labute approximate surface area is 148 Å². The number of aromatic nitrogens is 2. The maximum Gasteiger partial charge on any atom is 0.193 e. The molecule has 1 aromatic carbocycles. The Hall–Kier alpha value is -2.01. The Kier molecular flexibility index (Phi) is 5.41. The summed E-state index contributed by atoms with van der Waals surface area (Å²) in [5, 5.41) is 4.22. The molecule has 1 aliphatic rings. The number of halogens is 1. The minimum absolute atomic E-state index is 0.422. The van der Waals surface area contributed by atoms with E-state index in [4.69, 9.17) is 11.6 Å². The second-order valence-electron chi connectivity index (χ2n) is 6.32. The van der Waals surface area contributed by atoms with Crippen molar-refractivity contribution < 1.29 is 0 Å². The number of guanidine groups is 1. The summed E-state index contributed by atoms with van der Waals surface area (Å²) in [6.45, 7) is 4.98. The van der Waals surface area contributed by atoms with E-state index in [1.165, 1.54) is 0 Å². The van der Waals surface area contributed by atoms with Crippen molar-refractivity contribution in [1.82, 2.24) is 19.8 Å². The van der Waals surface area contributed by atoms with Gasteiger partial charge in [-0.1, -0.05) is 30.7 Å². The zero-order valence-electron chi connectivity index (χ0n) is 14.2. The molecule has 0 radical (unpaired) electrons. The molecule has 0 aliphatic carbocycles. The van der Waals surface area contributed by atoms with E-state index >= 15 is 0 Å². The number of rotatable bonds is 3. The van der Waals surface area contributed by atoms with Crippen LogP contribution in [0.2, 0.25) is 5.02 Å². The molecule has 2 aromatic rings. The Balaban J connectivity index is 1.65. The van der Waals surface area contributed by atoms with Crippen LogP contribution in [0.4, 0.5) is 0 Å². The van der Waals surface area contributed by atoms with Gasteiger partial charge in [-0.15, -0.1) is 0 Å². The minimum atomic E-state index is 0.422. The molecule has 5 nitrogen and oxygen atoms in total. The molecule has 0 spiro atoms. The summed E-state index contributed by atoms with van der Waals surface area (Å²) in [6.07, 6.45) is 6.94. The van der Waals surface area contributed by atoms with Gasteiger partial charge in [0, 0.05) is 44.1 Å². The van der Waals surface area contributed by atoms with Crippen molar-refractivity contribution in [3.8, 4) is 0 Å². The van der Waals surface area contributed by atoms with Gasteiger partial charge in [0.15, 0.2) is 5.96 Å². The maximum atomic E-state index is 6.06. The number of hydrogen-bond donors (Lipinski definition) is 1. The van der Waals surface area contributed by atoms with Crippen LogP contribution in [-0.4, -0.2) is 40.5 Å². The zero-order valence-corrected chi connectivity index (χ0v) is 14.9. The number of hydrogen-bond acceptors (Lipinski definition) is 2. The molecular weight excluding hydrogens is 322 g/mol. The lowest BCUT2D eigenvalue weighted by atomic mass is 9.93. The van der Waals surface area contributed by atoms with Crippen LogP contribution in [0.15, 0.2) is 48.0 Å². The topological polar surface area (TPSA) is 45.5 Å². The summed E-state index contributed by atoms with van der Waals surface area (Å²) < 4.78 is 2.21. The van der Waals surface area contributed by atoms with Crippen LogP contribution in [-0.2, 0) is 6.54 Å². The molecule has 0 amide bonds. The van der Waals surface area contributed by atoms with Crippen molar-refractivity contribution in [3.05, 3.63) is 53.6 Å². The van der Waals surface area contributed by atoms with Gasteiger partial charge in [0.2, 0.25) is 0 Å². The van der Waals surface area contributed by atoms with Gasteiger partial charge < -0.3 is 14.8 Å². The largest absolute Gasteiger partial charge is 0.352 e. The number of nitrogens with zero attached hydrogens (tertiary/aromatic N) is 4. The molecule has 3 rings (SSSR count). The third-order valence-corrected chi connectivity index (χ3v) is 4.91. The smallest absolute Gasteiger partial charge is 0.193 e. The van der Waals surface area contributed by atoms with E-state index < -0.39 is 0 Å². The third-order valence-electron chi connectivity index (χ3n) is 4.68. The highest BCUT2D eigenvalue weighted by Gasteiger charge is 2.28. The first-order valence-corrected chi connectivity index (χ1v) is 8.72. The SMILES string of the molecule is CN=C(NCc1cccc(Cl)c1)N1CCC(C)C(n2ccnc2)C1. The Morgan fingerprint density at radius 2 is 2.33 bits per heavy atom. The average Bonchev–Trinajstić information content (AvgIpc) is 3.11. The van der Waals surface area contributed by atoms with Crippen molar-refractivity contribution in [1.29, 1.82) is 0 Å². The van der Waals surface area contributed by atoms with E-state index in [2.05, 4.69) is 37.8 Å². The first kappa shape index (κ1) is 16.8. The van der Waals surface area contributed by atoms with Crippen molar-refractivity contribution in [3.63, 3.8) is 0 Å². The van der Waals surface area contributed by atoms with Crippen molar-refractivity contribution in [2.75, 3.05) is 20.1 Å². The molecule has 0 bridgehead atoms. The van der Waals surface area contributed by atoms with Crippen LogP contribution in [0.25, 0.3) is 0 Å². The number of aliphatic imine (C=N–C) groups is 1. The normalized spacial score (nSPS) is 21.8. The number of likely N-dealkylation sites (tertiary alicyclic amines) is 1. The van der Waals surface area contributed by atoms with Gasteiger partial charge in [-0.3, -0.25) is 4.99 Å². The van der Waals surface area contributed by atoms with Crippen molar-refractivity contribution in [2.24, 2.45) is 10.9 Å². The van der Waals surface area contributed by atoms with Crippen molar-refractivity contribution in [2.45, 2.75) is 25.9 Å². The lowest BCUT2D eigenvalue weighted by molar-refractivity contribution is 0.189. The standard InChI is InChI=1S/C18H24ClN5/c1-14-6-8-23(12-17(14)24-9-7-21-13-24)18(20-2)22-11-15-4-3-5-16(19)10-15/h3-5,7,9-10,13-14,17H,6,8,11-12H2,1-2H3,(H,20,22). The highest BCUT2D eigenvalue weighted by atomic mass is 35.5. The van der Waals surface area contributed by atoms with Gasteiger partial charge in [-0.25, -0.2) is 4.98 Å². The number of benzene rings is 1. The molecule has 24 heavy (non-hydrogen) atoms. The lowest BCUT2D eigenvalue weighted by Crippen LogP contribution is -2.48. The predicted molar refractivity (Wildman–Crippen MR) is 98.3 cm³/mol. The van der Waals surface area contributed by atoms with E-state index in [0.717, 1.165) is 42.6 Å². The second kappa shape index (κ2) is 7.71. The second-order valence-corrected chi connectivity index (χ2v) is 6.76. The minimum Gasteiger partial charge on any atom is -0.352 e. The maximum absolute atomic E-state index is 6.06. The third kappa shape index (κ3) is 3.90. The molecule has 1 aliphatic heterocycles. The Morgan fingerprint density at radius 3 is 3.04 bits per heavy atom. The Bertz CT molecular complexity index is 682. The fraction of sp³-hybridized carbons (Fsp3) is 0.444. The fourth-order valence-corrected chi connectivity index (χ4v) is 3.47.